The first-order valence-electron chi connectivity index (χ1n) is 6.00. The highest BCUT2D eigenvalue weighted by molar-refractivity contribution is 5.77. The first-order valence-corrected chi connectivity index (χ1v) is 6.00. The summed E-state index contributed by atoms with van der Waals surface area (Å²) in [6, 6.07) is 12.2. The topological polar surface area (TPSA) is 43.0 Å². The molecule has 0 saturated heterocycles. The molecule has 2 aromatic heterocycles. The number of nitrogens with one attached hydrogen (secondary N) is 1. The van der Waals surface area contributed by atoms with E-state index in [1.165, 1.54) is 0 Å². The lowest BCUT2D eigenvalue weighted by molar-refractivity contribution is 0.395. The molecule has 0 spiro atoms. The van der Waals surface area contributed by atoms with Gasteiger partial charge in [0.05, 0.1) is 12.6 Å². The summed E-state index contributed by atoms with van der Waals surface area (Å²) in [5, 5.41) is 8.61. The Hall–Kier alpha value is -2.07. The number of para-hydroxylation sites is 1. The van der Waals surface area contributed by atoms with Crippen molar-refractivity contribution in [2.45, 2.75) is 12.6 Å². The highest BCUT2D eigenvalue weighted by atomic mass is 16.3. The lowest BCUT2D eigenvalue weighted by atomic mass is 10.2. The Bertz CT molecular complexity index is 594. The van der Waals surface area contributed by atoms with E-state index in [9.17, 15) is 0 Å². The Morgan fingerprint density at radius 3 is 2.94 bits per heavy atom. The molecular formula is C14H15N3O. The predicted molar refractivity (Wildman–Crippen MR) is 70.2 cm³/mol. The zero-order valence-electron chi connectivity index (χ0n) is 10.2. The van der Waals surface area contributed by atoms with Crippen LogP contribution < -0.4 is 5.32 Å². The maximum atomic E-state index is 5.87. The Morgan fingerprint density at radius 2 is 2.22 bits per heavy atom. The molecule has 0 aliphatic heterocycles. The lowest BCUT2D eigenvalue weighted by Gasteiger charge is -2.13. The van der Waals surface area contributed by atoms with Crippen molar-refractivity contribution in [2.24, 2.45) is 0 Å². The summed E-state index contributed by atoms with van der Waals surface area (Å²) in [5.41, 5.74) is 0.924. The van der Waals surface area contributed by atoms with Gasteiger partial charge in [-0.15, -0.1) is 0 Å². The van der Waals surface area contributed by atoms with Crippen LogP contribution in [0.2, 0.25) is 0 Å². The number of likely N-dealkylation sites (N-methyl/N-ethyl adjacent to an activating group) is 1. The Morgan fingerprint density at radius 1 is 1.33 bits per heavy atom. The third-order valence-corrected chi connectivity index (χ3v) is 3.07. The number of nitrogens with zero attached hydrogens (tertiary/aromatic N) is 2. The molecule has 1 atom stereocenters. The van der Waals surface area contributed by atoms with Crippen molar-refractivity contribution in [3.05, 3.63) is 54.6 Å². The van der Waals surface area contributed by atoms with Gasteiger partial charge < -0.3 is 9.73 Å². The number of aromatic nitrogens is 2. The second-order valence-electron chi connectivity index (χ2n) is 4.26. The van der Waals surface area contributed by atoms with E-state index in [-0.39, 0.29) is 6.04 Å². The van der Waals surface area contributed by atoms with Crippen LogP contribution in [-0.4, -0.2) is 16.8 Å². The number of rotatable bonds is 4. The predicted octanol–water partition coefficient (Wildman–Crippen LogP) is 2.59. The highest BCUT2D eigenvalue weighted by Crippen LogP contribution is 2.24. The minimum absolute atomic E-state index is 0.123. The van der Waals surface area contributed by atoms with Crippen molar-refractivity contribution in [3.8, 4) is 0 Å². The molecule has 3 aromatic rings. The third kappa shape index (κ3) is 2.02. The van der Waals surface area contributed by atoms with Crippen molar-refractivity contribution < 1.29 is 4.42 Å². The molecule has 92 valence electrons. The summed E-state index contributed by atoms with van der Waals surface area (Å²) in [6.45, 7) is 0.753. The second-order valence-corrected chi connectivity index (χ2v) is 4.26. The minimum atomic E-state index is 0.123. The fourth-order valence-electron chi connectivity index (χ4n) is 2.09. The summed E-state index contributed by atoms with van der Waals surface area (Å²) in [7, 11) is 1.93. The van der Waals surface area contributed by atoms with E-state index in [2.05, 4.69) is 22.5 Å². The van der Waals surface area contributed by atoms with Crippen LogP contribution in [0.25, 0.3) is 11.0 Å². The maximum Gasteiger partial charge on any atom is 0.134 e. The molecule has 1 unspecified atom stereocenters. The van der Waals surface area contributed by atoms with Crippen LogP contribution in [0.4, 0.5) is 0 Å². The molecule has 0 aliphatic carbocycles. The van der Waals surface area contributed by atoms with Crippen molar-refractivity contribution in [3.63, 3.8) is 0 Å². The van der Waals surface area contributed by atoms with E-state index in [1.54, 1.807) is 6.20 Å². The van der Waals surface area contributed by atoms with Crippen molar-refractivity contribution in [1.29, 1.82) is 0 Å². The van der Waals surface area contributed by atoms with Crippen LogP contribution >= 0.6 is 0 Å². The minimum Gasteiger partial charge on any atom is -0.459 e. The van der Waals surface area contributed by atoms with Gasteiger partial charge in [-0.25, -0.2) is 0 Å². The van der Waals surface area contributed by atoms with E-state index in [1.807, 2.05) is 42.2 Å². The molecule has 4 heteroatoms. The van der Waals surface area contributed by atoms with Gasteiger partial charge in [-0.2, -0.15) is 5.10 Å². The molecule has 3 rings (SSSR count). The molecule has 0 aliphatic rings. The van der Waals surface area contributed by atoms with Crippen LogP contribution in [0.3, 0.4) is 0 Å². The van der Waals surface area contributed by atoms with Gasteiger partial charge in [0.25, 0.3) is 0 Å². The van der Waals surface area contributed by atoms with Gasteiger partial charge in [0.15, 0.2) is 0 Å². The molecule has 1 aromatic carbocycles. The quantitative estimate of drug-likeness (QED) is 0.763. The largest absolute Gasteiger partial charge is 0.459 e. The van der Waals surface area contributed by atoms with Gasteiger partial charge in [0.2, 0.25) is 0 Å². The van der Waals surface area contributed by atoms with Crippen LogP contribution in [0.1, 0.15) is 11.8 Å². The molecule has 0 bridgehead atoms. The average molecular weight is 241 g/mol. The summed E-state index contributed by atoms with van der Waals surface area (Å²) in [5.74, 6) is 0.939. The molecule has 4 nitrogen and oxygen atoms in total. The van der Waals surface area contributed by atoms with Crippen LogP contribution in [0.5, 0.6) is 0 Å². The molecule has 0 saturated carbocycles. The molecule has 18 heavy (non-hydrogen) atoms. The monoisotopic (exact) mass is 241 g/mol. The van der Waals surface area contributed by atoms with Crippen LogP contribution in [0.15, 0.2) is 53.2 Å². The average Bonchev–Trinajstić information content (AvgIpc) is 3.04. The maximum absolute atomic E-state index is 5.87. The zero-order chi connectivity index (χ0) is 12.4. The Kier molecular flexibility index (Phi) is 2.86. The van der Waals surface area contributed by atoms with Gasteiger partial charge in [-0.05, 0) is 25.2 Å². The van der Waals surface area contributed by atoms with Crippen molar-refractivity contribution >= 4 is 11.0 Å². The molecule has 2 heterocycles. The molecule has 0 radical (unpaired) electrons. The van der Waals surface area contributed by atoms with Crippen LogP contribution in [-0.2, 0) is 6.54 Å². The Balaban J connectivity index is 1.90. The standard InChI is InChI=1S/C14H15N3O/c1-15-12(10-17-8-4-7-16-17)14-9-11-5-2-3-6-13(11)18-14/h2-9,12,15H,10H2,1H3. The van der Waals surface area contributed by atoms with Crippen molar-refractivity contribution in [2.75, 3.05) is 7.05 Å². The number of benzene rings is 1. The van der Waals surface area contributed by atoms with Gasteiger partial charge in [-0.1, -0.05) is 18.2 Å². The normalized spacial score (nSPS) is 12.9. The summed E-state index contributed by atoms with van der Waals surface area (Å²) in [6.07, 6.45) is 3.73. The number of fused-ring (bicyclic) bond motifs is 1. The molecule has 1 N–H and O–H groups in total. The van der Waals surface area contributed by atoms with E-state index >= 15 is 0 Å². The van der Waals surface area contributed by atoms with Crippen LogP contribution in [0, 0.1) is 0 Å². The summed E-state index contributed by atoms with van der Waals surface area (Å²) >= 11 is 0. The smallest absolute Gasteiger partial charge is 0.134 e. The van der Waals surface area contributed by atoms with Gasteiger partial charge in [0.1, 0.15) is 11.3 Å². The third-order valence-electron chi connectivity index (χ3n) is 3.07. The fraction of sp³-hybridized carbons (Fsp3) is 0.214. The molecular weight excluding hydrogens is 226 g/mol. The van der Waals surface area contributed by atoms with Gasteiger partial charge >= 0.3 is 0 Å². The zero-order valence-corrected chi connectivity index (χ0v) is 10.2. The van der Waals surface area contributed by atoms with E-state index < -0.39 is 0 Å². The van der Waals surface area contributed by atoms with Gasteiger partial charge in [-0.3, -0.25) is 4.68 Å². The number of hydrogen-bond acceptors (Lipinski definition) is 3. The molecule has 0 fully saturated rings. The van der Waals surface area contributed by atoms with E-state index in [0.717, 1.165) is 23.3 Å². The fourth-order valence-corrected chi connectivity index (χ4v) is 2.09. The first-order chi connectivity index (χ1) is 8.86. The van der Waals surface area contributed by atoms with E-state index in [4.69, 9.17) is 4.42 Å². The van der Waals surface area contributed by atoms with E-state index in [0.29, 0.717) is 0 Å². The second kappa shape index (κ2) is 4.66. The van der Waals surface area contributed by atoms with Gasteiger partial charge in [0, 0.05) is 17.8 Å². The number of hydrogen-bond donors (Lipinski definition) is 1. The molecule has 0 amide bonds. The Labute approximate surface area is 105 Å². The number of furan rings is 1. The first kappa shape index (κ1) is 11.0. The lowest BCUT2D eigenvalue weighted by Crippen LogP contribution is -2.21. The van der Waals surface area contributed by atoms with Crippen molar-refractivity contribution in [1.82, 2.24) is 15.1 Å². The SMILES string of the molecule is CNC(Cn1cccn1)c1cc2ccccc2o1. The summed E-state index contributed by atoms with van der Waals surface area (Å²) in [4.78, 5) is 0. The highest BCUT2D eigenvalue weighted by Gasteiger charge is 2.15. The summed E-state index contributed by atoms with van der Waals surface area (Å²) < 4.78 is 7.76.